The number of carboxylic acids is 1. The quantitative estimate of drug-likeness (QED) is 0.622. The summed E-state index contributed by atoms with van der Waals surface area (Å²) in [4.78, 5) is 22.8. The molecule has 0 heterocycles. The van der Waals surface area contributed by atoms with Gasteiger partial charge in [0, 0.05) is 12.6 Å². The van der Waals surface area contributed by atoms with Crippen molar-refractivity contribution in [2.75, 3.05) is 6.54 Å². The van der Waals surface area contributed by atoms with E-state index in [0.29, 0.717) is 13.0 Å². The number of nitrogens with one attached hydrogen (secondary N) is 2. The van der Waals surface area contributed by atoms with Crippen LogP contribution in [0.25, 0.3) is 0 Å². The molecule has 2 unspecified atom stereocenters. The first-order valence-corrected chi connectivity index (χ1v) is 7.42. The van der Waals surface area contributed by atoms with Crippen molar-refractivity contribution in [1.82, 2.24) is 10.6 Å². The molecule has 0 spiro atoms. The summed E-state index contributed by atoms with van der Waals surface area (Å²) in [6.45, 7) is 2.81. The third-order valence-electron chi connectivity index (χ3n) is 3.72. The fourth-order valence-electron chi connectivity index (χ4n) is 2.57. The zero-order valence-corrected chi connectivity index (χ0v) is 11.8. The van der Waals surface area contributed by atoms with Crippen molar-refractivity contribution in [2.24, 2.45) is 5.92 Å². The lowest BCUT2D eigenvalue weighted by molar-refractivity contribution is -0.143. The summed E-state index contributed by atoms with van der Waals surface area (Å²) >= 11 is 0. The molecule has 110 valence electrons. The van der Waals surface area contributed by atoms with E-state index in [4.69, 9.17) is 5.11 Å². The Labute approximate surface area is 115 Å². The van der Waals surface area contributed by atoms with Crippen molar-refractivity contribution < 1.29 is 14.7 Å². The predicted octanol–water partition coefficient (Wildman–Crippen LogP) is 2.51. The molecule has 0 saturated heterocycles. The lowest BCUT2D eigenvalue weighted by Gasteiger charge is -2.29. The normalized spacial score (nSPS) is 22.8. The summed E-state index contributed by atoms with van der Waals surface area (Å²) in [6, 6.07) is -0.448. The van der Waals surface area contributed by atoms with Gasteiger partial charge in [-0.15, -0.1) is 0 Å². The minimum atomic E-state index is -0.798. The molecule has 0 aromatic rings. The average Bonchev–Trinajstić information content (AvgIpc) is 2.39. The average molecular weight is 270 g/mol. The number of carboxylic acid groups (broad SMARTS) is 1. The van der Waals surface area contributed by atoms with Gasteiger partial charge in [-0.2, -0.15) is 0 Å². The second-order valence-corrected chi connectivity index (χ2v) is 5.30. The highest BCUT2D eigenvalue weighted by Gasteiger charge is 2.31. The van der Waals surface area contributed by atoms with Gasteiger partial charge < -0.3 is 15.7 Å². The van der Waals surface area contributed by atoms with E-state index in [1.54, 1.807) is 0 Å². The zero-order chi connectivity index (χ0) is 14.1. The largest absolute Gasteiger partial charge is 0.481 e. The summed E-state index contributed by atoms with van der Waals surface area (Å²) in [6.07, 6.45) is 7.82. The SMILES string of the molecule is CCCCCCNC(=O)NC1CCCCC1C(=O)O. The molecule has 2 atom stereocenters. The van der Waals surface area contributed by atoms with Crippen molar-refractivity contribution >= 4 is 12.0 Å². The van der Waals surface area contributed by atoms with Crippen molar-refractivity contribution in [1.29, 1.82) is 0 Å². The van der Waals surface area contributed by atoms with Crippen LogP contribution in [0, 0.1) is 5.92 Å². The highest BCUT2D eigenvalue weighted by Crippen LogP contribution is 2.24. The molecular weight excluding hydrogens is 244 g/mol. The smallest absolute Gasteiger partial charge is 0.315 e. The maximum Gasteiger partial charge on any atom is 0.315 e. The standard InChI is InChI=1S/C14H26N2O3/c1-2-3-4-7-10-15-14(19)16-12-9-6-5-8-11(12)13(17)18/h11-12H,2-10H2,1H3,(H,17,18)(H2,15,16,19). The summed E-state index contributed by atoms with van der Waals surface area (Å²) < 4.78 is 0. The van der Waals surface area contributed by atoms with Crippen LogP contribution >= 0.6 is 0 Å². The molecule has 1 fully saturated rings. The minimum absolute atomic E-state index is 0.220. The fraction of sp³-hybridized carbons (Fsp3) is 0.857. The van der Waals surface area contributed by atoms with Gasteiger partial charge in [0.2, 0.25) is 0 Å². The number of rotatable bonds is 7. The van der Waals surface area contributed by atoms with Crippen LogP contribution in [-0.4, -0.2) is 29.7 Å². The predicted molar refractivity (Wildman–Crippen MR) is 74.1 cm³/mol. The maximum atomic E-state index is 11.7. The molecular formula is C14H26N2O3. The lowest BCUT2D eigenvalue weighted by Crippen LogP contribution is -2.48. The van der Waals surface area contributed by atoms with Crippen LogP contribution in [0.1, 0.15) is 58.3 Å². The molecule has 0 aromatic heterocycles. The fourth-order valence-corrected chi connectivity index (χ4v) is 2.57. The minimum Gasteiger partial charge on any atom is -0.481 e. The van der Waals surface area contributed by atoms with Crippen LogP contribution in [0.15, 0.2) is 0 Å². The molecule has 19 heavy (non-hydrogen) atoms. The summed E-state index contributed by atoms with van der Waals surface area (Å²) in [5.41, 5.74) is 0. The Hall–Kier alpha value is -1.26. The molecule has 1 aliphatic carbocycles. The summed E-state index contributed by atoms with van der Waals surface area (Å²) in [5.74, 6) is -1.23. The molecule has 0 radical (unpaired) electrons. The van der Waals surface area contributed by atoms with Gasteiger partial charge in [0.05, 0.1) is 5.92 Å². The summed E-state index contributed by atoms with van der Waals surface area (Å²) in [5, 5.41) is 14.7. The number of hydrogen-bond donors (Lipinski definition) is 3. The lowest BCUT2D eigenvalue weighted by atomic mass is 9.84. The van der Waals surface area contributed by atoms with Crippen LogP contribution in [0.5, 0.6) is 0 Å². The van der Waals surface area contributed by atoms with Gasteiger partial charge in [-0.3, -0.25) is 4.79 Å². The third kappa shape index (κ3) is 5.94. The first kappa shape index (κ1) is 15.8. The van der Waals surface area contributed by atoms with E-state index in [-0.39, 0.29) is 12.1 Å². The number of hydrogen-bond acceptors (Lipinski definition) is 2. The summed E-state index contributed by atoms with van der Waals surface area (Å²) in [7, 11) is 0. The van der Waals surface area contributed by atoms with Crippen LogP contribution in [0.4, 0.5) is 4.79 Å². The van der Waals surface area contributed by atoms with Crippen molar-refractivity contribution in [3.05, 3.63) is 0 Å². The Morgan fingerprint density at radius 2 is 1.89 bits per heavy atom. The van der Waals surface area contributed by atoms with Crippen molar-refractivity contribution in [3.63, 3.8) is 0 Å². The van der Waals surface area contributed by atoms with Gasteiger partial charge in [-0.1, -0.05) is 39.0 Å². The second kappa shape index (κ2) is 8.77. The Morgan fingerprint density at radius 1 is 1.16 bits per heavy atom. The van der Waals surface area contributed by atoms with Crippen molar-refractivity contribution in [2.45, 2.75) is 64.3 Å². The molecule has 3 N–H and O–H groups in total. The Kier molecular flexibility index (Phi) is 7.30. The monoisotopic (exact) mass is 270 g/mol. The van der Waals surface area contributed by atoms with E-state index in [2.05, 4.69) is 17.6 Å². The van der Waals surface area contributed by atoms with E-state index < -0.39 is 11.9 Å². The Balaban J connectivity index is 2.24. The first-order chi connectivity index (χ1) is 9.15. The molecule has 1 saturated carbocycles. The van der Waals surface area contributed by atoms with Gasteiger partial charge in [0.1, 0.15) is 0 Å². The number of carbonyl (C=O) groups is 2. The van der Waals surface area contributed by atoms with E-state index >= 15 is 0 Å². The molecule has 0 bridgehead atoms. The first-order valence-electron chi connectivity index (χ1n) is 7.42. The van der Waals surface area contributed by atoms with E-state index in [1.165, 1.54) is 12.8 Å². The van der Waals surface area contributed by atoms with Crippen LogP contribution in [0.2, 0.25) is 0 Å². The Bertz CT molecular complexity index is 294. The van der Waals surface area contributed by atoms with Gasteiger partial charge in [-0.05, 0) is 19.3 Å². The topological polar surface area (TPSA) is 78.4 Å². The second-order valence-electron chi connectivity index (χ2n) is 5.30. The highest BCUT2D eigenvalue weighted by molar-refractivity contribution is 5.76. The third-order valence-corrected chi connectivity index (χ3v) is 3.72. The molecule has 0 aliphatic heterocycles. The Morgan fingerprint density at radius 3 is 2.58 bits per heavy atom. The number of urea groups is 1. The van der Waals surface area contributed by atoms with Crippen LogP contribution < -0.4 is 10.6 Å². The van der Waals surface area contributed by atoms with Crippen molar-refractivity contribution in [3.8, 4) is 0 Å². The number of amides is 2. The number of carbonyl (C=O) groups excluding carboxylic acids is 1. The van der Waals surface area contributed by atoms with Gasteiger partial charge in [-0.25, -0.2) is 4.79 Å². The number of aliphatic carboxylic acids is 1. The van der Waals surface area contributed by atoms with Gasteiger partial charge >= 0.3 is 12.0 Å². The van der Waals surface area contributed by atoms with E-state index in [9.17, 15) is 9.59 Å². The molecule has 1 aliphatic rings. The zero-order valence-electron chi connectivity index (χ0n) is 11.8. The van der Waals surface area contributed by atoms with Gasteiger partial charge in [0.15, 0.2) is 0 Å². The highest BCUT2D eigenvalue weighted by atomic mass is 16.4. The molecule has 2 amide bonds. The molecule has 1 rings (SSSR count). The van der Waals surface area contributed by atoms with E-state index in [1.807, 2.05) is 0 Å². The maximum absolute atomic E-state index is 11.7. The van der Waals surface area contributed by atoms with Gasteiger partial charge in [0.25, 0.3) is 0 Å². The number of unbranched alkanes of at least 4 members (excludes halogenated alkanes) is 3. The molecule has 5 heteroatoms. The molecule has 5 nitrogen and oxygen atoms in total. The van der Waals surface area contributed by atoms with Crippen LogP contribution in [0.3, 0.4) is 0 Å². The van der Waals surface area contributed by atoms with Crippen LogP contribution in [-0.2, 0) is 4.79 Å². The molecule has 0 aromatic carbocycles. The van der Waals surface area contributed by atoms with E-state index in [0.717, 1.165) is 32.1 Å².